The van der Waals surface area contributed by atoms with Crippen molar-refractivity contribution in [3.63, 3.8) is 0 Å². The van der Waals surface area contributed by atoms with E-state index in [0.29, 0.717) is 39.9 Å². The molecular weight excluding hydrogens is 551 g/mol. The highest BCUT2D eigenvalue weighted by atomic mass is 19.4. The maximum Gasteiger partial charge on any atom is 0.418 e. The normalized spacial score (nSPS) is 18.3. The summed E-state index contributed by atoms with van der Waals surface area (Å²) in [6.07, 6.45) is 4.21. The number of anilines is 1. The molecule has 0 fully saturated rings. The fraction of sp³-hybridized carbons (Fsp3) is 0.500. The number of allylic oxidation sites excluding steroid dienone is 3. The first-order chi connectivity index (χ1) is 20.3. The number of nitrogens with one attached hydrogen (secondary N) is 1. The van der Waals surface area contributed by atoms with Crippen molar-refractivity contribution in [2.75, 3.05) is 25.0 Å². The summed E-state index contributed by atoms with van der Waals surface area (Å²) < 4.78 is 47.5. The Labute approximate surface area is 253 Å². The number of rotatable bonds is 11. The van der Waals surface area contributed by atoms with Gasteiger partial charge in [-0.15, -0.1) is 0 Å². The number of alkyl halides is 3. The fourth-order valence-electron chi connectivity index (χ4n) is 5.68. The van der Waals surface area contributed by atoms with Gasteiger partial charge < -0.3 is 15.0 Å². The van der Waals surface area contributed by atoms with Crippen molar-refractivity contribution < 1.29 is 17.9 Å². The first-order valence-electron chi connectivity index (χ1n) is 15.1. The molecule has 2 heterocycles. The van der Waals surface area contributed by atoms with Gasteiger partial charge in [0.15, 0.2) is 5.82 Å². The molecular formula is C34H44F3N5O. The second kappa shape index (κ2) is 13.6. The van der Waals surface area contributed by atoms with Crippen LogP contribution in [0.25, 0.3) is 22.2 Å². The maximum atomic E-state index is 13.8. The zero-order valence-electron chi connectivity index (χ0n) is 26.3. The molecule has 2 aromatic heterocycles. The van der Waals surface area contributed by atoms with Gasteiger partial charge in [0.2, 0.25) is 0 Å². The van der Waals surface area contributed by atoms with E-state index in [1.165, 1.54) is 12.3 Å². The molecule has 0 amide bonds. The summed E-state index contributed by atoms with van der Waals surface area (Å²) in [5.41, 5.74) is 0.983. The van der Waals surface area contributed by atoms with Gasteiger partial charge in [-0.1, -0.05) is 59.8 Å². The quantitative estimate of drug-likeness (QED) is 0.240. The Balaban J connectivity index is 1.68. The third kappa shape index (κ3) is 8.21. The molecule has 3 atom stereocenters. The topological polar surface area (TPSA) is 63.2 Å². The average molecular weight is 596 g/mol. The van der Waals surface area contributed by atoms with Crippen molar-refractivity contribution in [3.8, 4) is 11.3 Å². The average Bonchev–Trinajstić information content (AvgIpc) is 2.95. The zero-order chi connectivity index (χ0) is 31.4. The van der Waals surface area contributed by atoms with Crippen molar-refractivity contribution in [1.29, 1.82) is 0 Å². The number of hydrogen-bond acceptors (Lipinski definition) is 6. The molecule has 0 bridgehead atoms. The van der Waals surface area contributed by atoms with Crippen molar-refractivity contribution in [2.45, 2.75) is 73.8 Å². The first kappa shape index (κ1) is 32.6. The lowest BCUT2D eigenvalue weighted by Crippen LogP contribution is -2.27. The van der Waals surface area contributed by atoms with E-state index >= 15 is 0 Å². The third-order valence-electron chi connectivity index (χ3n) is 8.13. The second-order valence-corrected chi connectivity index (χ2v) is 12.4. The van der Waals surface area contributed by atoms with E-state index in [1.54, 1.807) is 18.2 Å². The number of fused-ring (bicyclic) bond motifs is 1. The number of ether oxygens (including phenoxy) is 1. The van der Waals surface area contributed by atoms with E-state index in [1.807, 2.05) is 6.92 Å². The molecule has 4 rings (SSSR count). The largest absolute Gasteiger partial charge is 0.418 e. The van der Waals surface area contributed by atoms with Crippen LogP contribution < -0.4 is 5.32 Å². The van der Waals surface area contributed by atoms with Crippen LogP contribution in [0.3, 0.4) is 0 Å². The third-order valence-corrected chi connectivity index (χ3v) is 8.13. The summed E-state index contributed by atoms with van der Waals surface area (Å²) in [5.74, 6) is 1.75. The van der Waals surface area contributed by atoms with Crippen LogP contribution in [0, 0.1) is 17.3 Å². The highest BCUT2D eigenvalue weighted by molar-refractivity contribution is 5.92. The van der Waals surface area contributed by atoms with Crippen molar-refractivity contribution in [3.05, 3.63) is 71.8 Å². The van der Waals surface area contributed by atoms with Crippen LogP contribution in [0.5, 0.6) is 0 Å². The molecule has 43 heavy (non-hydrogen) atoms. The highest BCUT2D eigenvalue weighted by Crippen LogP contribution is 2.39. The first-order valence-corrected chi connectivity index (χ1v) is 15.1. The van der Waals surface area contributed by atoms with E-state index in [2.05, 4.69) is 75.0 Å². The molecule has 6 nitrogen and oxygen atoms in total. The molecule has 1 aliphatic rings. The monoisotopic (exact) mass is 595 g/mol. The Morgan fingerprint density at radius 1 is 1.07 bits per heavy atom. The lowest BCUT2D eigenvalue weighted by atomic mass is 9.72. The number of hydrogen-bond donors (Lipinski definition) is 1. The highest BCUT2D eigenvalue weighted by Gasteiger charge is 2.34. The zero-order valence-corrected chi connectivity index (χ0v) is 26.3. The van der Waals surface area contributed by atoms with Gasteiger partial charge in [0, 0.05) is 29.4 Å². The number of benzene rings is 1. The van der Waals surface area contributed by atoms with Gasteiger partial charge in [0.1, 0.15) is 12.4 Å². The maximum absolute atomic E-state index is 13.8. The van der Waals surface area contributed by atoms with Crippen molar-refractivity contribution in [2.24, 2.45) is 17.3 Å². The number of halogens is 3. The molecule has 1 N–H and O–H groups in total. The SMILES string of the molecule is CCN(CC)CC[C@@H](C)OCc1nc(NC2=CC(C)C(C(C)(C)C)C=C2)c2ccc(-c3ncccc3C(F)(F)F)cc2n1. The molecule has 0 aliphatic heterocycles. The van der Waals surface area contributed by atoms with Crippen molar-refractivity contribution >= 4 is 16.7 Å². The van der Waals surface area contributed by atoms with Gasteiger partial charge in [0.05, 0.1) is 22.9 Å². The van der Waals surface area contributed by atoms with E-state index in [0.717, 1.165) is 37.8 Å². The van der Waals surface area contributed by atoms with E-state index < -0.39 is 11.7 Å². The molecule has 0 radical (unpaired) electrons. The van der Waals surface area contributed by atoms with E-state index in [4.69, 9.17) is 14.7 Å². The molecule has 1 aliphatic carbocycles. The number of aromatic nitrogens is 3. The smallest absolute Gasteiger partial charge is 0.370 e. The molecule has 0 spiro atoms. The minimum Gasteiger partial charge on any atom is -0.370 e. The summed E-state index contributed by atoms with van der Waals surface area (Å²) in [7, 11) is 0. The van der Waals surface area contributed by atoms with Crippen molar-refractivity contribution in [1.82, 2.24) is 19.9 Å². The molecule has 232 valence electrons. The standard InChI is InChI=1S/C34H44F3N5O/c1-8-42(9-2)18-16-23(4)43-21-30-40-29-20-24(31-28(34(35,36)37)11-10-17-38-31)12-14-26(29)32(41-30)39-25-13-15-27(22(3)19-25)33(5,6)7/h10-15,17,19-20,22-23,27H,8-9,16,18,21H2,1-7H3,(H,39,40,41)/t22?,23-,27?/m1/s1. The number of pyridine rings is 1. The predicted octanol–water partition coefficient (Wildman–Crippen LogP) is 8.51. The van der Waals surface area contributed by atoms with Gasteiger partial charge in [-0.2, -0.15) is 13.2 Å². The van der Waals surface area contributed by atoms with Crippen LogP contribution in [-0.4, -0.2) is 45.6 Å². The van der Waals surface area contributed by atoms with Gasteiger partial charge >= 0.3 is 6.18 Å². The molecule has 1 aromatic carbocycles. The van der Waals surface area contributed by atoms with Crippen LogP contribution in [0.1, 0.15) is 66.3 Å². The minimum atomic E-state index is -4.53. The second-order valence-electron chi connectivity index (χ2n) is 12.4. The van der Waals surface area contributed by atoms with Gasteiger partial charge in [-0.3, -0.25) is 4.98 Å². The predicted molar refractivity (Wildman–Crippen MR) is 167 cm³/mol. The Morgan fingerprint density at radius 3 is 2.47 bits per heavy atom. The van der Waals surface area contributed by atoms with Crippen LogP contribution in [0.15, 0.2) is 60.5 Å². The van der Waals surface area contributed by atoms with Crippen LogP contribution in [0.2, 0.25) is 0 Å². The summed E-state index contributed by atoms with van der Waals surface area (Å²) >= 11 is 0. The van der Waals surface area contributed by atoms with Crippen LogP contribution >= 0.6 is 0 Å². The van der Waals surface area contributed by atoms with Crippen LogP contribution in [0.4, 0.5) is 19.0 Å². The lowest BCUT2D eigenvalue weighted by molar-refractivity contribution is -0.137. The molecule has 3 aromatic rings. The summed E-state index contributed by atoms with van der Waals surface area (Å²) in [6.45, 7) is 18.3. The molecule has 0 saturated heterocycles. The summed E-state index contributed by atoms with van der Waals surface area (Å²) in [5, 5.41) is 4.17. The van der Waals surface area contributed by atoms with Gasteiger partial charge in [-0.05, 0) is 74.0 Å². The fourth-order valence-corrected chi connectivity index (χ4v) is 5.68. The van der Waals surface area contributed by atoms with Crippen LogP contribution in [-0.2, 0) is 17.5 Å². The molecule has 0 saturated carbocycles. The summed E-state index contributed by atoms with van der Waals surface area (Å²) in [6, 6.07) is 7.39. The van der Waals surface area contributed by atoms with Gasteiger partial charge in [-0.25, -0.2) is 9.97 Å². The Hall–Kier alpha value is -3.30. The lowest BCUT2D eigenvalue weighted by Gasteiger charge is -2.34. The Kier molecular flexibility index (Phi) is 10.3. The summed E-state index contributed by atoms with van der Waals surface area (Å²) in [4.78, 5) is 16.0. The molecule has 9 heteroatoms. The van der Waals surface area contributed by atoms with E-state index in [-0.39, 0.29) is 23.8 Å². The Bertz CT molecular complexity index is 1460. The van der Waals surface area contributed by atoms with Gasteiger partial charge in [0.25, 0.3) is 0 Å². The number of nitrogens with zero attached hydrogens (tertiary/aromatic N) is 4. The Morgan fingerprint density at radius 2 is 1.81 bits per heavy atom. The van der Waals surface area contributed by atoms with E-state index in [9.17, 15) is 13.2 Å². The minimum absolute atomic E-state index is 0.00956. The molecule has 2 unspecified atom stereocenters.